The number of hydrogen-bond acceptors (Lipinski definition) is 3. The average Bonchev–Trinajstić information content (AvgIpc) is 2.55. The first-order valence-electron chi connectivity index (χ1n) is 7.38. The highest BCUT2D eigenvalue weighted by Gasteiger charge is 2.19. The molecule has 2 atom stereocenters. The van der Waals surface area contributed by atoms with Gasteiger partial charge < -0.3 is 15.2 Å². The van der Waals surface area contributed by atoms with Gasteiger partial charge in [-0.05, 0) is 37.1 Å². The second-order valence-corrected chi connectivity index (χ2v) is 5.05. The summed E-state index contributed by atoms with van der Waals surface area (Å²) in [5.74, 6) is 0.390. The Bertz CT molecular complexity index is 595. The molecule has 0 aliphatic carbocycles. The fourth-order valence-corrected chi connectivity index (χ4v) is 2.18. The van der Waals surface area contributed by atoms with Crippen LogP contribution in [0.3, 0.4) is 0 Å². The molecule has 2 aromatic rings. The molecule has 2 rings (SSSR count). The van der Waals surface area contributed by atoms with E-state index in [1.165, 1.54) is 0 Å². The number of amides is 1. The van der Waals surface area contributed by atoms with E-state index in [9.17, 15) is 9.90 Å². The molecule has 4 heteroatoms. The predicted molar refractivity (Wildman–Crippen MR) is 85.6 cm³/mol. The highest BCUT2D eigenvalue weighted by atomic mass is 16.5. The number of hydrogen-bond donors (Lipinski definition) is 2. The van der Waals surface area contributed by atoms with Gasteiger partial charge in [0, 0.05) is 0 Å². The predicted octanol–water partition coefficient (Wildman–Crippen LogP) is 3.00. The van der Waals surface area contributed by atoms with Crippen LogP contribution in [0.5, 0.6) is 5.75 Å². The summed E-state index contributed by atoms with van der Waals surface area (Å²) in [5.41, 5.74) is 1.54. The Hall–Kier alpha value is -2.33. The molecule has 1 amide bonds. The van der Waals surface area contributed by atoms with Crippen LogP contribution in [-0.2, 0) is 4.79 Å². The highest BCUT2D eigenvalue weighted by Crippen LogP contribution is 2.19. The number of aliphatic hydroxyl groups excluding tert-OH is 1. The van der Waals surface area contributed by atoms with Gasteiger partial charge in [-0.1, -0.05) is 42.5 Å². The van der Waals surface area contributed by atoms with Crippen LogP contribution in [0, 0.1) is 0 Å². The molecule has 0 spiro atoms. The third-order valence-electron chi connectivity index (χ3n) is 3.41. The monoisotopic (exact) mass is 299 g/mol. The van der Waals surface area contributed by atoms with Crippen molar-refractivity contribution in [2.24, 2.45) is 0 Å². The second-order valence-electron chi connectivity index (χ2n) is 5.05. The molecule has 0 saturated carbocycles. The lowest BCUT2D eigenvalue weighted by Crippen LogP contribution is -2.31. The first-order chi connectivity index (χ1) is 10.6. The largest absolute Gasteiger partial charge is 0.494 e. The average molecular weight is 299 g/mol. The third kappa shape index (κ3) is 4.09. The summed E-state index contributed by atoms with van der Waals surface area (Å²) in [6, 6.07) is 16.2. The lowest BCUT2D eigenvalue weighted by molar-refractivity contribution is -0.130. The zero-order valence-corrected chi connectivity index (χ0v) is 12.8. The number of ether oxygens (including phenoxy) is 1. The van der Waals surface area contributed by atoms with Gasteiger partial charge in [0.25, 0.3) is 5.91 Å². The summed E-state index contributed by atoms with van der Waals surface area (Å²) in [6.07, 6.45) is -1.16. The molecule has 4 nitrogen and oxygen atoms in total. The molecule has 22 heavy (non-hydrogen) atoms. The van der Waals surface area contributed by atoms with Crippen LogP contribution in [0.2, 0.25) is 0 Å². The van der Waals surface area contributed by atoms with E-state index >= 15 is 0 Å². The van der Waals surface area contributed by atoms with Crippen LogP contribution in [-0.4, -0.2) is 17.6 Å². The Morgan fingerprint density at radius 1 is 1.09 bits per heavy atom. The van der Waals surface area contributed by atoms with Crippen LogP contribution in [0.15, 0.2) is 54.6 Å². The van der Waals surface area contributed by atoms with Crippen molar-refractivity contribution in [2.45, 2.75) is 26.0 Å². The van der Waals surface area contributed by atoms with E-state index in [2.05, 4.69) is 5.32 Å². The molecule has 0 bridgehead atoms. The highest BCUT2D eigenvalue weighted by molar-refractivity contribution is 5.82. The van der Waals surface area contributed by atoms with E-state index in [-0.39, 0.29) is 6.04 Å². The van der Waals surface area contributed by atoms with E-state index in [0.29, 0.717) is 12.2 Å². The Morgan fingerprint density at radius 3 is 2.32 bits per heavy atom. The first kappa shape index (κ1) is 16.0. The third-order valence-corrected chi connectivity index (χ3v) is 3.41. The van der Waals surface area contributed by atoms with Gasteiger partial charge in [0.1, 0.15) is 5.75 Å². The summed E-state index contributed by atoms with van der Waals surface area (Å²) in [5, 5.41) is 12.9. The molecule has 0 fully saturated rings. The summed E-state index contributed by atoms with van der Waals surface area (Å²) < 4.78 is 5.39. The minimum atomic E-state index is -1.16. The molecule has 116 valence electrons. The Kier molecular flexibility index (Phi) is 5.55. The van der Waals surface area contributed by atoms with Gasteiger partial charge in [-0.3, -0.25) is 4.79 Å². The Morgan fingerprint density at radius 2 is 1.73 bits per heavy atom. The lowest BCUT2D eigenvalue weighted by Gasteiger charge is -2.18. The first-order valence-corrected chi connectivity index (χ1v) is 7.38. The fraction of sp³-hybridized carbons (Fsp3) is 0.278. The van der Waals surface area contributed by atoms with Crippen LogP contribution in [0.25, 0.3) is 0 Å². The summed E-state index contributed by atoms with van der Waals surface area (Å²) in [4.78, 5) is 12.1. The van der Waals surface area contributed by atoms with Crippen molar-refractivity contribution in [3.63, 3.8) is 0 Å². The van der Waals surface area contributed by atoms with Gasteiger partial charge in [0.05, 0.1) is 12.6 Å². The smallest absolute Gasteiger partial charge is 0.253 e. The molecule has 0 aromatic heterocycles. The molecular weight excluding hydrogens is 278 g/mol. The molecule has 0 aliphatic rings. The maximum Gasteiger partial charge on any atom is 0.253 e. The number of carbonyl (C=O) groups is 1. The zero-order valence-electron chi connectivity index (χ0n) is 12.8. The zero-order chi connectivity index (χ0) is 15.9. The van der Waals surface area contributed by atoms with Gasteiger partial charge in [0.15, 0.2) is 6.10 Å². The quantitative estimate of drug-likeness (QED) is 0.862. The molecule has 2 aromatic carbocycles. The van der Waals surface area contributed by atoms with Gasteiger partial charge in [-0.15, -0.1) is 0 Å². The maximum atomic E-state index is 12.1. The van der Waals surface area contributed by atoms with Crippen LogP contribution in [0.4, 0.5) is 0 Å². The number of benzene rings is 2. The van der Waals surface area contributed by atoms with Crippen molar-refractivity contribution in [1.29, 1.82) is 0 Å². The van der Waals surface area contributed by atoms with Gasteiger partial charge in [0.2, 0.25) is 0 Å². The molecular formula is C18H21NO3. The molecule has 0 saturated heterocycles. The minimum absolute atomic E-state index is 0.193. The van der Waals surface area contributed by atoms with E-state index in [1.807, 2.05) is 44.2 Å². The fourth-order valence-electron chi connectivity index (χ4n) is 2.18. The Balaban J connectivity index is 1.98. The van der Waals surface area contributed by atoms with Crippen molar-refractivity contribution in [2.75, 3.05) is 6.61 Å². The van der Waals surface area contributed by atoms with Crippen molar-refractivity contribution in [3.8, 4) is 5.75 Å². The lowest BCUT2D eigenvalue weighted by atomic mass is 10.1. The molecule has 0 radical (unpaired) electrons. The van der Waals surface area contributed by atoms with E-state index in [4.69, 9.17) is 4.74 Å². The van der Waals surface area contributed by atoms with Crippen molar-refractivity contribution in [1.82, 2.24) is 5.32 Å². The van der Waals surface area contributed by atoms with E-state index in [0.717, 1.165) is 11.3 Å². The number of nitrogens with one attached hydrogen (secondary N) is 1. The van der Waals surface area contributed by atoms with Crippen LogP contribution in [0.1, 0.15) is 37.1 Å². The van der Waals surface area contributed by atoms with Gasteiger partial charge in [-0.2, -0.15) is 0 Å². The standard InChI is InChI=1S/C18H21NO3/c1-3-22-16-11-9-14(10-12-16)13(2)19-18(21)17(20)15-7-5-4-6-8-15/h4-13,17,20H,3H2,1-2H3,(H,19,21). The second kappa shape index (κ2) is 7.61. The van der Waals surface area contributed by atoms with E-state index in [1.54, 1.807) is 24.3 Å². The normalized spacial score (nSPS) is 13.2. The van der Waals surface area contributed by atoms with Crippen molar-refractivity contribution >= 4 is 5.91 Å². The summed E-state index contributed by atoms with van der Waals surface area (Å²) in [7, 11) is 0. The van der Waals surface area contributed by atoms with Crippen molar-refractivity contribution in [3.05, 3.63) is 65.7 Å². The number of aliphatic hydroxyl groups is 1. The topological polar surface area (TPSA) is 58.6 Å². The molecule has 0 heterocycles. The SMILES string of the molecule is CCOc1ccc(C(C)NC(=O)C(O)c2ccccc2)cc1. The van der Waals surface area contributed by atoms with Crippen LogP contribution < -0.4 is 10.1 Å². The maximum absolute atomic E-state index is 12.1. The summed E-state index contributed by atoms with van der Waals surface area (Å²) in [6.45, 7) is 4.43. The van der Waals surface area contributed by atoms with Gasteiger partial charge in [-0.25, -0.2) is 0 Å². The number of rotatable bonds is 6. The Labute approximate surface area is 130 Å². The van der Waals surface area contributed by atoms with Crippen LogP contribution >= 0.6 is 0 Å². The summed E-state index contributed by atoms with van der Waals surface area (Å²) >= 11 is 0. The minimum Gasteiger partial charge on any atom is -0.494 e. The van der Waals surface area contributed by atoms with Crippen molar-refractivity contribution < 1.29 is 14.6 Å². The number of carbonyl (C=O) groups excluding carboxylic acids is 1. The van der Waals surface area contributed by atoms with E-state index < -0.39 is 12.0 Å². The molecule has 2 unspecified atom stereocenters. The molecule has 0 aliphatic heterocycles. The van der Waals surface area contributed by atoms with Gasteiger partial charge >= 0.3 is 0 Å². The molecule has 2 N–H and O–H groups in total.